The van der Waals surface area contributed by atoms with Crippen LogP contribution in [0.5, 0.6) is 11.5 Å². The molecule has 0 aliphatic rings. The van der Waals surface area contributed by atoms with E-state index < -0.39 is 0 Å². The van der Waals surface area contributed by atoms with Gasteiger partial charge in [-0.15, -0.1) is 0 Å². The molecule has 7 heteroatoms. The van der Waals surface area contributed by atoms with E-state index in [0.717, 1.165) is 22.6 Å². The van der Waals surface area contributed by atoms with E-state index in [1.807, 2.05) is 56.3 Å². The average molecular weight is 385 g/mol. The number of hydrogen-bond donors (Lipinski definition) is 2. The molecular weight excluding hydrogens is 364 g/mol. The van der Waals surface area contributed by atoms with E-state index in [-0.39, 0.29) is 0 Å². The van der Waals surface area contributed by atoms with Gasteiger partial charge in [-0.1, -0.05) is 17.7 Å². The van der Waals surface area contributed by atoms with Gasteiger partial charge in [0.05, 0.1) is 14.2 Å². The van der Waals surface area contributed by atoms with Crippen molar-refractivity contribution in [2.24, 2.45) is 0 Å². The highest BCUT2D eigenvalue weighted by atomic mass is 35.5. The maximum Gasteiger partial charge on any atom is 0.229 e. The maximum atomic E-state index is 6.10. The Morgan fingerprint density at radius 3 is 2.37 bits per heavy atom. The Balaban J connectivity index is 1.86. The summed E-state index contributed by atoms with van der Waals surface area (Å²) in [4.78, 5) is 8.99. The van der Waals surface area contributed by atoms with Gasteiger partial charge in [0, 0.05) is 34.2 Å². The van der Waals surface area contributed by atoms with Crippen molar-refractivity contribution < 1.29 is 9.47 Å². The largest absolute Gasteiger partial charge is 0.493 e. The normalized spacial score (nSPS) is 10.4. The molecule has 2 N–H and O–H groups in total. The van der Waals surface area contributed by atoms with Gasteiger partial charge in [-0.2, -0.15) is 4.98 Å². The van der Waals surface area contributed by atoms with Crippen molar-refractivity contribution in [1.82, 2.24) is 9.97 Å². The molecule has 0 saturated heterocycles. The first-order chi connectivity index (χ1) is 13.0. The standard InChI is InChI=1S/C20H21ClN4O2/c1-12-5-6-14(21)10-16(12)24-19-9-13(2)22-20(25-19)23-15-7-8-17(26-3)18(11-15)27-4/h5-11H,1-4H3,(H2,22,23,24,25). The number of halogens is 1. The van der Waals surface area contributed by atoms with E-state index in [2.05, 4.69) is 20.6 Å². The lowest BCUT2D eigenvalue weighted by molar-refractivity contribution is 0.355. The van der Waals surface area contributed by atoms with Gasteiger partial charge in [0.1, 0.15) is 5.82 Å². The molecule has 0 bridgehead atoms. The highest BCUT2D eigenvalue weighted by Crippen LogP contribution is 2.31. The summed E-state index contributed by atoms with van der Waals surface area (Å²) < 4.78 is 10.6. The minimum Gasteiger partial charge on any atom is -0.493 e. The SMILES string of the molecule is COc1ccc(Nc2nc(C)cc(Nc3cc(Cl)ccc3C)n2)cc1OC. The Kier molecular flexibility index (Phi) is 5.66. The minimum absolute atomic E-state index is 0.476. The number of nitrogens with zero attached hydrogens (tertiary/aromatic N) is 2. The lowest BCUT2D eigenvalue weighted by Gasteiger charge is -2.13. The van der Waals surface area contributed by atoms with Gasteiger partial charge in [-0.05, 0) is 43.7 Å². The molecule has 140 valence electrons. The van der Waals surface area contributed by atoms with Crippen LogP contribution in [-0.2, 0) is 0 Å². The van der Waals surface area contributed by atoms with Crippen LogP contribution in [-0.4, -0.2) is 24.2 Å². The molecule has 0 spiro atoms. The number of benzene rings is 2. The van der Waals surface area contributed by atoms with Crippen LogP contribution in [0, 0.1) is 13.8 Å². The molecule has 0 radical (unpaired) electrons. The van der Waals surface area contributed by atoms with Crippen LogP contribution >= 0.6 is 11.6 Å². The van der Waals surface area contributed by atoms with Gasteiger partial charge in [0.25, 0.3) is 0 Å². The number of hydrogen-bond acceptors (Lipinski definition) is 6. The molecule has 3 aromatic rings. The molecule has 0 unspecified atom stereocenters. The fourth-order valence-electron chi connectivity index (χ4n) is 2.60. The van der Waals surface area contributed by atoms with E-state index in [1.165, 1.54) is 0 Å². The van der Waals surface area contributed by atoms with Crippen LogP contribution in [0.25, 0.3) is 0 Å². The molecule has 0 atom stereocenters. The molecule has 6 nitrogen and oxygen atoms in total. The number of anilines is 4. The van der Waals surface area contributed by atoms with Crippen molar-refractivity contribution in [2.75, 3.05) is 24.9 Å². The van der Waals surface area contributed by atoms with Crippen LogP contribution in [0.15, 0.2) is 42.5 Å². The molecule has 0 aliphatic carbocycles. The summed E-state index contributed by atoms with van der Waals surface area (Å²) in [7, 11) is 3.20. The molecule has 2 aromatic carbocycles. The predicted octanol–water partition coefficient (Wildman–Crippen LogP) is 5.25. The summed E-state index contributed by atoms with van der Waals surface area (Å²) in [5.74, 6) is 2.44. The number of rotatable bonds is 6. The second-order valence-corrected chi connectivity index (χ2v) is 6.43. The van der Waals surface area contributed by atoms with Crippen LogP contribution in [0.3, 0.4) is 0 Å². The highest BCUT2D eigenvalue weighted by molar-refractivity contribution is 6.30. The number of nitrogens with one attached hydrogen (secondary N) is 2. The second-order valence-electron chi connectivity index (χ2n) is 6.00. The highest BCUT2D eigenvalue weighted by Gasteiger charge is 2.08. The van der Waals surface area contributed by atoms with Crippen LogP contribution in [0.1, 0.15) is 11.3 Å². The monoisotopic (exact) mass is 384 g/mol. The number of methoxy groups -OCH3 is 2. The molecule has 27 heavy (non-hydrogen) atoms. The fraction of sp³-hybridized carbons (Fsp3) is 0.200. The van der Waals surface area contributed by atoms with Crippen LogP contribution in [0.2, 0.25) is 5.02 Å². The second kappa shape index (κ2) is 8.14. The third kappa shape index (κ3) is 4.60. The first kappa shape index (κ1) is 18.8. The molecule has 0 amide bonds. The summed E-state index contributed by atoms with van der Waals surface area (Å²) in [6.45, 7) is 3.92. The van der Waals surface area contributed by atoms with Crippen molar-refractivity contribution in [3.8, 4) is 11.5 Å². The Morgan fingerprint density at radius 1 is 0.852 bits per heavy atom. The molecule has 3 rings (SSSR count). The molecule has 0 fully saturated rings. The van der Waals surface area contributed by atoms with E-state index in [0.29, 0.717) is 28.3 Å². The third-order valence-electron chi connectivity index (χ3n) is 3.96. The zero-order valence-electron chi connectivity index (χ0n) is 15.6. The van der Waals surface area contributed by atoms with Crippen molar-refractivity contribution in [1.29, 1.82) is 0 Å². The van der Waals surface area contributed by atoms with Crippen molar-refractivity contribution in [3.63, 3.8) is 0 Å². The average Bonchev–Trinajstić information content (AvgIpc) is 2.64. The molecule has 0 saturated carbocycles. The first-order valence-electron chi connectivity index (χ1n) is 8.36. The smallest absolute Gasteiger partial charge is 0.229 e. The van der Waals surface area contributed by atoms with Gasteiger partial charge < -0.3 is 20.1 Å². The van der Waals surface area contributed by atoms with Gasteiger partial charge >= 0.3 is 0 Å². The quantitative estimate of drug-likeness (QED) is 0.604. The first-order valence-corrected chi connectivity index (χ1v) is 8.74. The lowest BCUT2D eigenvalue weighted by Crippen LogP contribution is -2.03. The van der Waals surface area contributed by atoms with Crippen molar-refractivity contribution in [2.45, 2.75) is 13.8 Å². The number of aryl methyl sites for hydroxylation is 2. The number of aromatic nitrogens is 2. The van der Waals surface area contributed by atoms with Gasteiger partial charge in [-0.25, -0.2) is 4.98 Å². The Morgan fingerprint density at radius 2 is 1.63 bits per heavy atom. The van der Waals surface area contributed by atoms with Gasteiger partial charge in [0.15, 0.2) is 11.5 Å². The van der Waals surface area contributed by atoms with E-state index in [1.54, 1.807) is 14.2 Å². The topological polar surface area (TPSA) is 68.3 Å². The van der Waals surface area contributed by atoms with E-state index in [9.17, 15) is 0 Å². The molecular formula is C20H21ClN4O2. The lowest BCUT2D eigenvalue weighted by atomic mass is 10.2. The third-order valence-corrected chi connectivity index (χ3v) is 4.19. The van der Waals surface area contributed by atoms with Crippen molar-refractivity contribution >= 4 is 34.7 Å². The van der Waals surface area contributed by atoms with E-state index in [4.69, 9.17) is 21.1 Å². The summed E-state index contributed by atoms with van der Waals surface area (Å²) in [5, 5.41) is 7.16. The fourth-order valence-corrected chi connectivity index (χ4v) is 2.77. The summed E-state index contributed by atoms with van der Waals surface area (Å²) in [6, 6.07) is 13.1. The summed E-state index contributed by atoms with van der Waals surface area (Å²) in [5.41, 5.74) is 3.60. The molecule has 0 aliphatic heterocycles. The van der Waals surface area contributed by atoms with Crippen LogP contribution in [0.4, 0.5) is 23.1 Å². The van der Waals surface area contributed by atoms with Gasteiger partial charge in [-0.3, -0.25) is 0 Å². The van der Waals surface area contributed by atoms with Gasteiger partial charge in [0.2, 0.25) is 5.95 Å². The maximum absolute atomic E-state index is 6.10. The number of ether oxygens (including phenoxy) is 2. The minimum atomic E-state index is 0.476. The zero-order chi connectivity index (χ0) is 19.4. The molecule has 1 aromatic heterocycles. The summed E-state index contributed by atoms with van der Waals surface area (Å²) >= 11 is 6.10. The zero-order valence-corrected chi connectivity index (χ0v) is 16.4. The Bertz CT molecular complexity index is 963. The Labute approximate surface area is 163 Å². The van der Waals surface area contributed by atoms with Crippen molar-refractivity contribution in [3.05, 3.63) is 58.7 Å². The Hall–Kier alpha value is -2.99. The summed E-state index contributed by atoms with van der Waals surface area (Å²) in [6.07, 6.45) is 0. The predicted molar refractivity (Wildman–Crippen MR) is 109 cm³/mol. The van der Waals surface area contributed by atoms with Crippen LogP contribution < -0.4 is 20.1 Å². The van der Waals surface area contributed by atoms with E-state index >= 15 is 0 Å². The molecule has 1 heterocycles.